The van der Waals surface area contributed by atoms with Gasteiger partial charge in [0.1, 0.15) is 17.3 Å². The monoisotopic (exact) mass is 259 g/mol. The van der Waals surface area contributed by atoms with E-state index in [1.54, 1.807) is 0 Å². The van der Waals surface area contributed by atoms with Gasteiger partial charge in [0.25, 0.3) is 0 Å². The Labute approximate surface area is 113 Å². The molecular formula is C16H18FNO. The minimum absolute atomic E-state index is 0.285. The molecule has 0 saturated heterocycles. The summed E-state index contributed by atoms with van der Waals surface area (Å²) >= 11 is 0. The van der Waals surface area contributed by atoms with Gasteiger partial charge >= 0.3 is 0 Å². The number of aryl methyl sites for hydroxylation is 2. The van der Waals surface area contributed by atoms with Crippen LogP contribution >= 0.6 is 0 Å². The zero-order chi connectivity index (χ0) is 13.8. The zero-order valence-electron chi connectivity index (χ0n) is 11.5. The van der Waals surface area contributed by atoms with E-state index in [4.69, 9.17) is 4.74 Å². The maximum absolute atomic E-state index is 13.5. The van der Waals surface area contributed by atoms with E-state index in [1.807, 2.05) is 39.1 Å². The molecule has 0 amide bonds. The number of rotatable bonds is 4. The summed E-state index contributed by atoms with van der Waals surface area (Å²) < 4.78 is 19.2. The molecule has 0 saturated carbocycles. The fraction of sp³-hybridized carbons (Fsp3) is 0.250. The summed E-state index contributed by atoms with van der Waals surface area (Å²) in [5.74, 6) is 0.973. The number of halogens is 1. The van der Waals surface area contributed by atoms with E-state index >= 15 is 0 Å². The van der Waals surface area contributed by atoms with Crippen molar-refractivity contribution in [1.82, 2.24) is 5.32 Å². The number of nitrogens with one attached hydrogen (secondary N) is 1. The van der Waals surface area contributed by atoms with E-state index in [-0.39, 0.29) is 5.82 Å². The van der Waals surface area contributed by atoms with E-state index in [0.29, 0.717) is 12.3 Å². The first kappa shape index (κ1) is 13.6. The van der Waals surface area contributed by atoms with Crippen molar-refractivity contribution < 1.29 is 9.13 Å². The van der Waals surface area contributed by atoms with Crippen LogP contribution in [0.25, 0.3) is 0 Å². The van der Waals surface area contributed by atoms with Crippen LogP contribution in [0, 0.1) is 19.7 Å². The molecule has 19 heavy (non-hydrogen) atoms. The molecule has 0 radical (unpaired) electrons. The molecule has 0 spiro atoms. The largest absolute Gasteiger partial charge is 0.457 e. The molecule has 0 fully saturated rings. The summed E-state index contributed by atoms with van der Waals surface area (Å²) in [5, 5.41) is 3.00. The van der Waals surface area contributed by atoms with Gasteiger partial charge in [0.2, 0.25) is 0 Å². The molecule has 0 heterocycles. The van der Waals surface area contributed by atoms with Gasteiger partial charge in [0.05, 0.1) is 0 Å². The Kier molecular flexibility index (Phi) is 4.17. The lowest BCUT2D eigenvalue weighted by Gasteiger charge is -2.10. The Balaban J connectivity index is 2.27. The fourth-order valence-corrected chi connectivity index (χ4v) is 2.11. The summed E-state index contributed by atoms with van der Waals surface area (Å²) in [6.45, 7) is 4.64. The molecule has 0 bridgehead atoms. The number of hydrogen-bond acceptors (Lipinski definition) is 2. The molecule has 100 valence electrons. The summed E-state index contributed by atoms with van der Waals surface area (Å²) in [4.78, 5) is 0. The third kappa shape index (κ3) is 3.80. The first-order valence-corrected chi connectivity index (χ1v) is 6.27. The van der Waals surface area contributed by atoms with Crippen LogP contribution in [0.1, 0.15) is 16.7 Å². The highest BCUT2D eigenvalue weighted by molar-refractivity contribution is 5.38. The molecular weight excluding hydrogens is 241 g/mol. The Morgan fingerprint density at radius 1 is 0.947 bits per heavy atom. The molecule has 0 unspecified atom stereocenters. The lowest BCUT2D eigenvalue weighted by molar-refractivity contribution is 0.474. The SMILES string of the molecule is CNCc1cc(F)cc(Oc2cc(C)cc(C)c2)c1. The van der Waals surface area contributed by atoms with Crippen molar-refractivity contribution in [2.75, 3.05) is 7.05 Å². The van der Waals surface area contributed by atoms with Crippen molar-refractivity contribution in [3.05, 3.63) is 58.9 Å². The summed E-state index contributed by atoms with van der Waals surface area (Å²) in [7, 11) is 1.83. The lowest BCUT2D eigenvalue weighted by Crippen LogP contribution is -2.05. The average Bonchev–Trinajstić information content (AvgIpc) is 2.26. The van der Waals surface area contributed by atoms with Crippen LogP contribution in [-0.2, 0) is 6.54 Å². The molecule has 0 aliphatic heterocycles. The number of hydrogen-bond donors (Lipinski definition) is 1. The van der Waals surface area contributed by atoms with Crippen LogP contribution in [-0.4, -0.2) is 7.05 Å². The Morgan fingerprint density at radius 3 is 2.21 bits per heavy atom. The Bertz CT molecular complexity index is 561. The average molecular weight is 259 g/mol. The fourth-order valence-electron chi connectivity index (χ4n) is 2.11. The van der Waals surface area contributed by atoms with Crippen molar-refractivity contribution in [3.8, 4) is 11.5 Å². The quantitative estimate of drug-likeness (QED) is 0.897. The molecule has 0 atom stereocenters. The van der Waals surface area contributed by atoms with Crippen molar-refractivity contribution in [3.63, 3.8) is 0 Å². The molecule has 2 nitrogen and oxygen atoms in total. The summed E-state index contributed by atoms with van der Waals surface area (Å²) in [6, 6.07) is 10.7. The van der Waals surface area contributed by atoms with E-state index in [1.165, 1.54) is 12.1 Å². The summed E-state index contributed by atoms with van der Waals surface area (Å²) in [6.07, 6.45) is 0. The molecule has 0 aliphatic rings. The van der Waals surface area contributed by atoms with Gasteiger partial charge < -0.3 is 10.1 Å². The standard InChI is InChI=1S/C16H18FNO/c1-11-4-12(2)6-15(5-11)19-16-8-13(10-18-3)7-14(17)9-16/h4-9,18H,10H2,1-3H3. The maximum atomic E-state index is 13.5. The first-order valence-electron chi connectivity index (χ1n) is 6.27. The smallest absolute Gasteiger partial charge is 0.130 e. The molecule has 2 aromatic rings. The molecule has 0 aliphatic carbocycles. The number of ether oxygens (including phenoxy) is 1. The van der Waals surface area contributed by atoms with E-state index in [9.17, 15) is 4.39 Å². The van der Waals surface area contributed by atoms with Crippen molar-refractivity contribution >= 4 is 0 Å². The van der Waals surface area contributed by atoms with Gasteiger partial charge in [0, 0.05) is 12.6 Å². The maximum Gasteiger partial charge on any atom is 0.130 e. The molecule has 2 aromatic carbocycles. The van der Waals surface area contributed by atoms with Gasteiger partial charge in [0.15, 0.2) is 0 Å². The predicted molar refractivity (Wildman–Crippen MR) is 75.2 cm³/mol. The van der Waals surface area contributed by atoms with Crippen LogP contribution in [0.3, 0.4) is 0 Å². The highest BCUT2D eigenvalue weighted by Gasteiger charge is 2.04. The number of benzene rings is 2. The van der Waals surface area contributed by atoms with Crippen molar-refractivity contribution in [1.29, 1.82) is 0 Å². The van der Waals surface area contributed by atoms with Gasteiger partial charge in [-0.05, 0) is 61.9 Å². The minimum Gasteiger partial charge on any atom is -0.457 e. The normalized spacial score (nSPS) is 10.5. The third-order valence-corrected chi connectivity index (χ3v) is 2.74. The summed E-state index contributed by atoms with van der Waals surface area (Å²) in [5.41, 5.74) is 3.12. The van der Waals surface area contributed by atoms with E-state index in [0.717, 1.165) is 22.4 Å². The van der Waals surface area contributed by atoms with Crippen LogP contribution in [0.5, 0.6) is 11.5 Å². The van der Waals surface area contributed by atoms with Gasteiger partial charge in [-0.2, -0.15) is 0 Å². The highest BCUT2D eigenvalue weighted by atomic mass is 19.1. The lowest BCUT2D eigenvalue weighted by atomic mass is 10.1. The Hall–Kier alpha value is -1.87. The molecule has 1 N–H and O–H groups in total. The van der Waals surface area contributed by atoms with E-state index < -0.39 is 0 Å². The van der Waals surface area contributed by atoms with Gasteiger partial charge in [-0.3, -0.25) is 0 Å². The van der Waals surface area contributed by atoms with Crippen molar-refractivity contribution in [2.24, 2.45) is 0 Å². The van der Waals surface area contributed by atoms with Crippen LogP contribution in [0.4, 0.5) is 4.39 Å². The third-order valence-electron chi connectivity index (χ3n) is 2.74. The molecule has 2 rings (SSSR count). The topological polar surface area (TPSA) is 21.3 Å². The second-order valence-electron chi connectivity index (χ2n) is 4.75. The first-order chi connectivity index (χ1) is 9.06. The highest BCUT2D eigenvalue weighted by Crippen LogP contribution is 2.25. The molecule has 0 aromatic heterocycles. The Morgan fingerprint density at radius 2 is 1.58 bits per heavy atom. The molecule has 3 heteroatoms. The van der Waals surface area contributed by atoms with Gasteiger partial charge in [-0.15, -0.1) is 0 Å². The predicted octanol–water partition coefficient (Wildman–Crippen LogP) is 3.95. The zero-order valence-corrected chi connectivity index (χ0v) is 11.5. The second-order valence-corrected chi connectivity index (χ2v) is 4.75. The van der Waals surface area contributed by atoms with Crippen LogP contribution in [0.2, 0.25) is 0 Å². The van der Waals surface area contributed by atoms with Gasteiger partial charge in [-0.25, -0.2) is 4.39 Å². The minimum atomic E-state index is -0.285. The van der Waals surface area contributed by atoms with Crippen molar-refractivity contribution in [2.45, 2.75) is 20.4 Å². The van der Waals surface area contributed by atoms with E-state index in [2.05, 4.69) is 11.4 Å². The second kappa shape index (κ2) is 5.85. The van der Waals surface area contributed by atoms with Crippen LogP contribution in [0.15, 0.2) is 36.4 Å². The van der Waals surface area contributed by atoms with Crippen LogP contribution < -0.4 is 10.1 Å². The van der Waals surface area contributed by atoms with Gasteiger partial charge in [-0.1, -0.05) is 6.07 Å².